The second-order valence-corrected chi connectivity index (χ2v) is 4.05. The molecule has 0 saturated heterocycles. The van der Waals surface area contributed by atoms with E-state index in [1.165, 1.54) is 0 Å². The lowest BCUT2D eigenvalue weighted by Crippen LogP contribution is -2.40. The predicted molar refractivity (Wildman–Crippen MR) is 60.1 cm³/mol. The zero-order chi connectivity index (χ0) is 12.7. The van der Waals surface area contributed by atoms with Gasteiger partial charge in [0, 0.05) is 19.1 Å². The Labute approximate surface area is 100 Å². The van der Waals surface area contributed by atoms with Crippen molar-refractivity contribution in [3.63, 3.8) is 0 Å². The first-order valence-corrected chi connectivity index (χ1v) is 6.01. The molecule has 1 fully saturated rings. The predicted octanol–water partition coefficient (Wildman–Crippen LogP) is 0.869. The van der Waals surface area contributed by atoms with E-state index in [1.54, 1.807) is 0 Å². The summed E-state index contributed by atoms with van der Waals surface area (Å²) in [6.45, 7) is 3.02. The van der Waals surface area contributed by atoms with E-state index in [-0.39, 0.29) is 19.1 Å². The molecule has 0 aromatic heterocycles. The molecule has 4 nitrogen and oxygen atoms in total. The van der Waals surface area contributed by atoms with E-state index in [2.05, 4.69) is 10.1 Å². The third kappa shape index (κ3) is 5.93. The minimum atomic E-state index is -2.43. The number of alkyl halides is 2. The lowest BCUT2D eigenvalue weighted by Gasteiger charge is -2.20. The number of ether oxygens (including phenoxy) is 1. The Morgan fingerprint density at radius 3 is 2.76 bits per heavy atom. The molecule has 0 aromatic rings. The molecule has 1 N–H and O–H groups in total. The average Bonchev–Trinajstić information content (AvgIpc) is 3.08. The third-order valence-corrected chi connectivity index (χ3v) is 2.59. The Balaban J connectivity index is 1.99. The fourth-order valence-electron chi connectivity index (χ4n) is 1.64. The number of carbonyl (C=O) groups excluding carboxylic acids is 1. The van der Waals surface area contributed by atoms with E-state index >= 15 is 0 Å². The number of carbonyl (C=O) groups is 1. The van der Waals surface area contributed by atoms with Gasteiger partial charge in [-0.3, -0.25) is 4.79 Å². The Kier molecular flexibility index (Phi) is 6.36. The van der Waals surface area contributed by atoms with Crippen molar-refractivity contribution in [1.82, 2.24) is 10.2 Å². The van der Waals surface area contributed by atoms with Gasteiger partial charge in [-0.05, 0) is 19.8 Å². The summed E-state index contributed by atoms with van der Waals surface area (Å²) in [4.78, 5) is 13.6. The van der Waals surface area contributed by atoms with Gasteiger partial charge in [0.2, 0.25) is 5.91 Å². The fraction of sp³-hybridized carbons (Fsp3) is 0.909. The normalized spacial score (nSPS) is 15.3. The van der Waals surface area contributed by atoms with Crippen LogP contribution >= 0.6 is 0 Å². The highest BCUT2D eigenvalue weighted by atomic mass is 19.3. The molecule has 1 aliphatic carbocycles. The van der Waals surface area contributed by atoms with Gasteiger partial charge in [-0.2, -0.15) is 0 Å². The van der Waals surface area contributed by atoms with Crippen molar-refractivity contribution in [3.05, 3.63) is 0 Å². The van der Waals surface area contributed by atoms with Gasteiger partial charge in [0.25, 0.3) is 6.43 Å². The van der Waals surface area contributed by atoms with Crippen molar-refractivity contribution >= 4 is 5.91 Å². The Morgan fingerprint density at radius 2 is 2.24 bits per heavy atom. The Hall–Kier alpha value is -0.750. The van der Waals surface area contributed by atoms with Gasteiger partial charge in [0.1, 0.15) is 6.61 Å². The van der Waals surface area contributed by atoms with Crippen LogP contribution in [0.3, 0.4) is 0 Å². The number of hydrogen-bond acceptors (Lipinski definition) is 3. The van der Waals surface area contributed by atoms with E-state index in [0.29, 0.717) is 12.6 Å². The van der Waals surface area contributed by atoms with Gasteiger partial charge in [-0.1, -0.05) is 0 Å². The SMILES string of the molecule is CCN(C(=O)CNCCOCC(F)F)C1CC1. The molecule has 1 saturated carbocycles. The van der Waals surface area contributed by atoms with Crippen molar-refractivity contribution in [2.75, 3.05) is 32.8 Å². The van der Waals surface area contributed by atoms with Crippen LogP contribution in [-0.4, -0.2) is 56.1 Å². The summed E-state index contributed by atoms with van der Waals surface area (Å²) in [7, 11) is 0. The second kappa shape index (κ2) is 7.55. The monoisotopic (exact) mass is 250 g/mol. The largest absolute Gasteiger partial charge is 0.374 e. The smallest absolute Gasteiger partial charge is 0.261 e. The molecular weight excluding hydrogens is 230 g/mol. The molecule has 100 valence electrons. The number of nitrogens with zero attached hydrogens (tertiary/aromatic N) is 1. The van der Waals surface area contributed by atoms with Crippen LogP contribution in [-0.2, 0) is 9.53 Å². The van der Waals surface area contributed by atoms with Gasteiger partial charge in [0.15, 0.2) is 0 Å². The van der Waals surface area contributed by atoms with E-state index in [0.717, 1.165) is 19.4 Å². The highest BCUT2D eigenvalue weighted by Crippen LogP contribution is 2.26. The molecule has 17 heavy (non-hydrogen) atoms. The first-order valence-electron chi connectivity index (χ1n) is 6.01. The molecule has 0 radical (unpaired) electrons. The maximum absolute atomic E-state index is 11.7. The minimum absolute atomic E-state index is 0.0730. The standard InChI is InChI=1S/C11H20F2N2O2/c1-2-15(9-3-4-9)11(16)7-14-5-6-17-8-10(12)13/h9-10,14H,2-8H2,1H3. The van der Waals surface area contributed by atoms with E-state index < -0.39 is 13.0 Å². The molecular formula is C11H20F2N2O2. The molecule has 0 aromatic carbocycles. The van der Waals surface area contributed by atoms with Crippen molar-refractivity contribution in [2.24, 2.45) is 0 Å². The lowest BCUT2D eigenvalue weighted by atomic mass is 10.4. The molecule has 0 heterocycles. The van der Waals surface area contributed by atoms with Crippen molar-refractivity contribution in [1.29, 1.82) is 0 Å². The number of nitrogens with one attached hydrogen (secondary N) is 1. The van der Waals surface area contributed by atoms with Crippen LogP contribution in [0.1, 0.15) is 19.8 Å². The molecule has 1 rings (SSSR count). The lowest BCUT2D eigenvalue weighted by molar-refractivity contribution is -0.130. The van der Waals surface area contributed by atoms with Gasteiger partial charge in [0.05, 0.1) is 13.2 Å². The Bertz CT molecular complexity index is 236. The van der Waals surface area contributed by atoms with E-state index in [9.17, 15) is 13.6 Å². The average molecular weight is 250 g/mol. The zero-order valence-electron chi connectivity index (χ0n) is 10.1. The maximum Gasteiger partial charge on any atom is 0.261 e. The molecule has 0 spiro atoms. The number of hydrogen-bond donors (Lipinski definition) is 1. The molecule has 0 bridgehead atoms. The van der Waals surface area contributed by atoms with E-state index in [1.807, 2.05) is 11.8 Å². The topological polar surface area (TPSA) is 41.6 Å². The van der Waals surface area contributed by atoms with Gasteiger partial charge in [-0.25, -0.2) is 8.78 Å². The summed E-state index contributed by atoms with van der Waals surface area (Å²) in [5.74, 6) is 0.0730. The molecule has 1 aliphatic rings. The van der Waals surface area contributed by atoms with Crippen LogP contribution in [0.25, 0.3) is 0 Å². The summed E-state index contributed by atoms with van der Waals surface area (Å²) >= 11 is 0. The minimum Gasteiger partial charge on any atom is -0.374 e. The first kappa shape index (κ1) is 14.3. The highest BCUT2D eigenvalue weighted by Gasteiger charge is 2.30. The summed E-state index contributed by atoms with van der Waals surface area (Å²) in [5.41, 5.74) is 0. The van der Waals surface area contributed by atoms with Crippen LogP contribution in [0.5, 0.6) is 0 Å². The molecule has 0 aliphatic heterocycles. The van der Waals surface area contributed by atoms with Crippen molar-refractivity contribution in [3.8, 4) is 0 Å². The molecule has 1 amide bonds. The molecule has 0 atom stereocenters. The summed E-state index contributed by atoms with van der Waals surface area (Å²) in [6.07, 6.45) is -0.240. The fourth-order valence-corrected chi connectivity index (χ4v) is 1.64. The molecule has 0 unspecified atom stereocenters. The quantitative estimate of drug-likeness (QED) is 0.617. The maximum atomic E-state index is 11.7. The first-order chi connectivity index (χ1) is 8.15. The van der Waals surface area contributed by atoms with Gasteiger partial charge in [-0.15, -0.1) is 0 Å². The van der Waals surface area contributed by atoms with Crippen LogP contribution in [0, 0.1) is 0 Å². The third-order valence-electron chi connectivity index (χ3n) is 2.59. The zero-order valence-corrected chi connectivity index (χ0v) is 10.1. The summed E-state index contributed by atoms with van der Waals surface area (Å²) in [6, 6.07) is 0.421. The number of likely N-dealkylation sites (N-methyl/N-ethyl adjacent to an activating group) is 1. The number of halogens is 2. The molecule has 6 heteroatoms. The van der Waals surface area contributed by atoms with Crippen LogP contribution in [0.15, 0.2) is 0 Å². The summed E-state index contributed by atoms with van der Waals surface area (Å²) < 4.78 is 28.1. The van der Waals surface area contributed by atoms with Crippen LogP contribution < -0.4 is 5.32 Å². The highest BCUT2D eigenvalue weighted by molar-refractivity contribution is 5.78. The Morgan fingerprint density at radius 1 is 1.53 bits per heavy atom. The summed E-state index contributed by atoms with van der Waals surface area (Å²) in [5, 5.41) is 2.90. The number of rotatable bonds is 9. The van der Waals surface area contributed by atoms with Crippen molar-refractivity contribution < 1.29 is 18.3 Å². The van der Waals surface area contributed by atoms with Gasteiger partial charge < -0.3 is 15.0 Å². The second-order valence-electron chi connectivity index (χ2n) is 4.05. The number of amides is 1. The van der Waals surface area contributed by atoms with Crippen LogP contribution in [0.2, 0.25) is 0 Å². The van der Waals surface area contributed by atoms with Crippen LogP contribution in [0.4, 0.5) is 8.78 Å². The van der Waals surface area contributed by atoms with Crippen molar-refractivity contribution in [2.45, 2.75) is 32.2 Å². The van der Waals surface area contributed by atoms with Gasteiger partial charge >= 0.3 is 0 Å². The van der Waals surface area contributed by atoms with E-state index in [4.69, 9.17) is 0 Å².